The highest BCUT2D eigenvalue weighted by molar-refractivity contribution is 6.30. The number of aromatic nitrogens is 2. The van der Waals surface area contributed by atoms with Crippen LogP contribution in [0, 0.1) is 0 Å². The Balaban J connectivity index is 1.52. The molecule has 37 heavy (non-hydrogen) atoms. The van der Waals surface area contributed by atoms with Crippen LogP contribution in [0.25, 0.3) is 11.3 Å². The summed E-state index contributed by atoms with van der Waals surface area (Å²) in [6.07, 6.45) is 2.03. The number of carbonyl (C=O) groups excluding carboxylic acids is 1. The highest BCUT2D eigenvalue weighted by Gasteiger charge is 2.42. The van der Waals surface area contributed by atoms with E-state index < -0.39 is 0 Å². The standard InChI is InChI=1S/C28H33ClN4O4/c1-3-4-15-37-22-10-7-20(18-23(22)35-2)27-24-25(19-5-8-21(29)9-6-19)30-31-26(24)28(34)33(27)12-11-32-13-16-36-17-14-32/h5-10,18,27H,3-4,11-17H2,1-2H3,(H,30,31). The normalized spacial score (nSPS) is 17.8. The first-order chi connectivity index (χ1) is 18.1. The van der Waals surface area contributed by atoms with Gasteiger partial charge in [0.15, 0.2) is 11.5 Å². The van der Waals surface area contributed by atoms with Crippen molar-refractivity contribution in [3.8, 4) is 22.8 Å². The van der Waals surface area contributed by atoms with Crippen molar-refractivity contribution in [3.63, 3.8) is 0 Å². The molecular weight excluding hydrogens is 492 g/mol. The Morgan fingerprint density at radius 3 is 2.62 bits per heavy atom. The van der Waals surface area contributed by atoms with E-state index in [1.54, 1.807) is 7.11 Å². The van der Waals surface area contributed by atoms with E-state index >= 15 is 0 Å². The second-order valence-corrected chi connectivity index (χ2v) is 9.77. The molecule has 3 aromatic rings. The first kappa shape index (κ1) is 25.6. The highest BCUT2D eigenvalue weighted by Crippen LogP contribution is 2.44. The molecule has 1 N–H and O–H groups in total. The minimum atomic E-state index is -0.313. The molecule has 0 bridgehead atoms. The van der Waals surface area contributed by atoms with Crippen LogP contribution in [0.1, 0.15) is 47.4 Å². The molecule has 1 saturated heterocycles. The van der Waals surface area contributed by atoms with Crippen molar-refractivity contribution in [1.29, 1.82) is 0 Å². The molecule has 3 heterocycles. The molecule has 5 rings (SSSR count). The number of carbonyl (C=O) groups is 1. The zero-order chi connectivity index (χ0) is 25.8. The van der Waals surface area contributed by atoms with Gasteiger partial charge in [-0.05, 0) is 36.2 Å². The number of morpholine rings is 1. The lowest BCUT2D eigenvalue weighted by molar-refractivity contribution is 0.0316. The number of rotatable bonds is 10. The summed E-state index contributed by atoms with van der Waals surface area (Å²) in [5, 5.41) is 8.24. The Kier molecular flexibility index (Phi) is 7.98. The Morgan fingerprint density at radius 2 is 1.89 bits per heavy atom. The van der Waals surface area contributed by atoms with Crippen molar-refractivity contribution in [2.45, 2.75) is 25.8 Å². The largest absolute Gasteiger partial charge is 0.493 e. The molecule has 9 heteroatoms. The van der Waals surface area contributed by atoms with Gasteiger partial charge in [-0.3, -0.25) is 14.8 Å². The molecule has 0 aliphatic carbocycles. The van der Waals surface area contributed by atoms with Crippen LogP contribution in [-0.2, 0) is 4.74 Å². The number of H-pyrrole nitrogens is 1. The SMILES string of the molecule is CCCCOc1ccc(C2c3c(-c4ccc(Cl)cc4)n[nH]c3C(=O)N2CCN2CCOCC2)cc1OC. The van der Waals surface area contributed by atoms with Crippen LogP contribution in [0.5, 0.6) is 11.5 Å². The first-order valence-corrected chi connectivity index (χ1v) is 13.2. The zero-order valence-corrected chi connectivity index (χ0v) is 22.1. The molecular formula is C28H33ClN4O4. The fourth-order valence-corrected chi connectivity index (χ4v) is 5.10. The third-order valence-electron chi connectivity index (χ3n) is 7.00. The number of methoxy groups -OCH3 is 1. The lowest BCUT2D eigenvalue weighted by Gasteiger charge is -2.31. The number of hydrogen-bond acceptors (Lipinski definition) is 6. The van der Waals surface area contributed by atoms with Gasteiger partial charge in [-0.15, -0.1) is 0 Å². The van der Waals surface area contributed by atoms with Crippen LogP contribution < -0.4 is 9.47 Å². The molecule has 2 aliphatic heterocycles. The van der Waals surface area contributed by atoms with Crippen LogP contribution in [-0.4, -0.2) is 79.0 Å². The van der Waals surface area contributed by atoms with Crippen molar-refractivity contribution >= 4 is 17.5 Å². The van der Waals surface area contributed by atoms with E-state index in [9.17, 15) is 4.79 Å². The van der Waals surface area contributed by atoms with E-state index in [1.807, 2.05) is 47.4 Å². The van der Waals surface area contributed by atoms with Gasteiger partial charge in [0, 0.05) is 42.3 Å². The summed E-state index contributed by atoms with van der Waals surface area (Å²) in [6, 6.07) is 13.2. The summed E-state index contributed by atoms with van der Waals surface area (Å²) < 4.78 is 17.2. The van der Waals surface area contributed by atoms with E-state index in [0.29, 0.717) is 35.4 Å². The minimum Gasteiger partial charge on any atom is -0.493 e. The molecule has 1 unspecified atom stereocenters. The topological polar surface area (TPSA) is 79.9 Å². The fourth-order valence-electron chi connectivity index (χ4n) is 4.98. The van der Waals surface area contributed by atoms with Gasteiger partial charge in [-0.25, -0.2) is 0 Å². The molecule has 2 aromatic carbocycles. The smallest absolute Gasteiger partial charge is 0.273 e. The third kappa shape index (κ3) is 5.32. The molecule has 1 fully saturated rings. The van der Waals surface area contributed by atoms with E-state index in [-0.39, 0.29) is 11.9 Å². The van der Waals surface area contributed by atoms with Gasteiger partial charge in [-0.2, -0.15) is 5.10 Å². The Bertz CT molecular complexity index is 1220. The van der Waals surface area contributed by atoms with Crippen molar-refractivity contribution in [1.82, 2.24) is 20.0 Å². The van der Waals surface area contributed by atoms with Crippen LogP contribution in [0.15, 0.2) is 42.5 Å². The number of fused-ring (bicyclic) bond motifs is 1. The summed E-state index contributed by atoms with van der Waals surface area (Å²) >= 11 is 6.14. The average molecular weight is 525 g/mol. The number of hydrogen-bond donors (Lipinski definition) is 1. The second kappa shape index (κ2) is 11.5. The predicted octanol–water partition coefficient (Wildman–Crippen LogP) is 4.80. The Hall–Kier alpha value is -3.07. The summed E-state index contributed by atoms with van der Waals surface area (Å²) in [5.74, 6) is 1.30. The number of benzene rings is 2. The van der Waals surface area contributed by atoms with Crippen molar-refractivity contribution < 1.29 is 19.0 Å². The highest BCUT2D eigenvalue weighted by atomic mass is 35.5. The van der Waals surface area contributed by atoms with Crippen LogP contribution in [0.2, 0.25) is 5.02 Å². The Morgan fingerprint density at radius 1 is 1.11 bits per heavy atom. The number of nitrogens with one attached hydrogen (secondary N) is 1. The predicted molar refractivity (Wildman–Crippen MR) is 143 cm³/mol. The van der Waals surface area contributed by atoms with E-state index in [4.69, 9.17) is 25.8 Å². The van der Waals surface area contributed by atoms with Crippen LogP contribution in [0.4, 0.5) is 0 Å². The van der Waals surface area contributed by atoms with E-state index in [1.165, 1.54) is 0 Å². The molecule has 2 aliphatic rings. The zero-order valence-electron chi connectivity index (χ0n) is 21.3. The molecule has 8 nitrogen and oxygen atoms in total. The number of ether oxygens (including phenoxy) is 3. The first-order valence-electron chi connectivity index (χ1n) is 12.9. The summed E-state index contributed by atoms with van der Waals surface area (Å²) in [5.41, 5.74) is 4.00. The van der Waals surface area contributed by atoms with E-state index in [0.717, 1.165) is 68.1 Å². The van der Waals surface area contributed by atoms with Gasteiger partial charge >= 0.3 is 0 Å². The molecule has 0 saturated carbocycles. The molecule has 1 amide bonds. The number of nitrogens with zero attached hydrogens (tertiary/aromatic N) is 3. The molecule has 196 valence electrons. The monoisotopic (exact) mass is 524 g/mol. The fraction of sp³-hybridized carbons (Fsp3) is 0.429. The number of aromatic amines is 1. The van der Waals surface area contributed by atoms with Crippen molar-refractivity contribution in [2.75, 3.05) is 53.1 Å². The van der Waals surface area contributed by atoms with Crippen molar-refractivity contribution in [3.05, 3.63) is 64.3 Å². The minimum absolute atomic E-state index is 0.0526. The van der Waals surface area contributed by atoms with Crippen LogP contribution in [0.3, 0.4) is 0 Å². The molecule has 1 atom stereocenters. The average Bonchev–Trinajstić information content (AvgIpc) is 3.47. The number of halogens is 1. The number of amides is 1. The molecule has 0 spiro atoms. The van der Waals surface area contributed by atoms with Crippen LogP contribution >= 0.6 is 11.6 Å². The third-order valence-corrected chi connectivity index (χ3v) is 7.25. The summed E-state index contributed by atoms with van der Waals surface area (Å²) in [7, 11) is 1.64. The maximum Gasteiger partial charge on any atom is 0.273 e. The van der Waals surface area contributed by atoms with Gasteiger partial charge in [0.25, 0.3) is 5.91 Å². The summed E-state index contributed by atoms with van der Waals surface area (Å²) in [6.45, 7) is 7.30. The lowest BCUT2D eigenvalue weighted by atomic mass is 9.95. The summed E-state index contributed by atoms with van der Waals surface area (Å²) in [4.78, 5) is 18.0. The van der Waals surface area contributed by atoms with E-state index in [2.05, 4.69) is 22.0 Å². The quantitative estimate of drug-likeness (QED) is 0.384. The van der Waals surface area contributed by atoms with Gasteiger partial charge in [0.05, 0.1) is 38.7 Å². The second-order valence-electron chi connectivity index (χ2n) is 9.34. The molecule has 0 radical (unpaired) electrons. The molecule has 1 aromatic heterocycles. The lowest BCUT2D eigenvalue weighted by Crippen LogP contribution is -2.42. The van der Waals surface area contributed by atoms with Gasteiger partial charge in [0.2, 0.25) is 0 Å². The van der Waals surface area contributed by atoms with Gasteiger partial charge in [-0.1, -0.05) is 43.1 Å². The Labute approximate surface area is 222 Å². The van der Waals surface area contributed by atoms with Gasteiger partial charge < -0.3 is 19.1 Å². The maximum atomic E-state index is 13.7. The maximum absolute atomic E-state index is 13.7. The van der Waals surface area contributed by atoms with Crippen molar-refractivity contribution in [2.24, 2.45) is 0 Å². The number of unbranched alkanes of at least 4 members (excludes halogenated alkanes) is 1. The van der Waals surface area contributed by atoms with Gasteiger partial charge in [0.1, 0.15) is 5.69 Å².